The molecule has 0 amide bonds. The summed E-state index contributed by atoms with van der Waals surface area (Å²) in [6.07, 6.45) is 3.87. The van der Waals surface area contributed by atoms with Gasteiger partial charge in [-0.2, -0.15) is 5.10 Å². The number of guanidine groups is 1. The Kier molecular flexibility index (Phi) is 9.68. The quantitative estimate of drug-likeness (QED) is 0.264. The number of morpholine rings is 1. The molecule has 160 valence electrons. The van der Waals surface area contributed by atoms with Crippen molar-refractivity contribution in [2.45, 2.75) is 12.6 Å². The number of ether oxygens (including phenoxy) is 3. The van der Waals surface area contributed by atoms with Crippen LogP contribution in [0.5, 0.6) is 5.75 Å². The number of aliphatic imine (C=N–C) groups is 1. The van der Waals surface area contributed by atoms with E-state index in [0.29, 0.717) is 26.4 Å². The molecule has 0 saturated carbocycles. The van der Waals surface area contributed by atoms with Gasteiger partial charge in [0.2, 0.25) is 0 Å². The minimum atomic E-state index is 0. The zero-order valence-corrected chi connectivity index (χ0v) is 19.5. The molecular weight excluding hydrogens is 485 g/mol. The highest BCUT2D eigenvalue weighted by Gasteiger charge is 2.25. The lowest BCUT2D eigenvalue weighted by molar-refractivity contribution is -0.00805. The first-order valence-electron chi connectivity index (χ1n) is 9.46. The molecule has 1 unspecified atom stereocenters. The number of hydrogen-bond donors (Lipinski definition) is 1. The number of aryl methyl sites for hydroxylation is 1. The van der Waals surface area contributed by atoms with Gasteiger partial charge in [-0.25, -0.2) is 0 Å². The molecule has 1 saturated heterocycles. The summed E-state index contributed by atoms with van der Waals surface area (Å²) in [7, 11) is 5.39. The van der Waals surface area contributed by atoms with E-state index in [1.54, 1.807) is 11.8 Å². The summed E-state index contributed by atoms with van der Waals surface area (Å²) in [4.78, 5) is 6.67. The summed E-state index contributed by atoms with van der Waals surface area (Å²) in [5.41, 5.74) is 2.25. The van der Waals surface area contributed by atoms with Gasteiger partial charge in [0.1, 0.15) is 18.5 Å². The standard InChI is InChI=1S/C20H29N5O3.HI/c1-21-20(22-12-16-4-6-18(7-5-16)27-11-10-26-3)25-8-9-28-19(15-25)17-13-23-24(2)14-17;/h4-7,13-14,19H,8-12,15H2,1-3H3,(H,21,22);1H. The molecule has 9 heteroatoms. The van der Waals surface area contributed by atoms with Crippen LogP contribution in [0.15, 0.2) is 41.7 Å². The SMILES string of the molecule is CN=C(NCc1ccc(OCCOC)cc1)N1CCOC(c2cnn(C)c2)C1.I. The largest absolute Gasteiger partial charge is 0.491 e. The minimum absolute atomic E-state index is 0. The summed E-state index contributed by atoms with van der Waals surface area (Å²) in [5.74, 6) is 1.72. The molecule has 1 atom stereocenters. The molecule has 1 fully saturated rings. The van der Waals surface area contributed by atoms with Crippen molar-refractivity contribution < 1.29 is 14.2 Å². The zero-order valence-electron chi connectivity index (χ0n) is 17.2. The second-order valence-corrected chi connectivity index (χ2v) is 6.64. The number of halogens is 1. The Morgan fingerprint density at radius 1 is 1.31 bits per heavy atom. The topological polar surface area (TPSA) is 73.1 Å². The summed E-state index contributed by atoms with van der Waals surface area (Å²) < 4.78 is 18.3. The normalized spacial score (nSPS) is 17.0. The Hall–Kier alpha value is -1.85. The van der Waals surface area contributed by atoms with Gasteiger partial charge in [0.15, 0.2) is 5.96 Å². The zero-order chi connectivity index (χ0) is 19.8. The van der Waals surface area contributed by atoms with Crippen LogP contribution in [0.1, 0.15) is 17.2 Å². The summed E-state index contributed by atoms with van der Waals surface area (Å²) >= 11 is 0. The molecule has 1 aliphatic rings. The van der Waals surface area contributed by atoms with Crippen molar-refractivity contribution in [2.75, 3.05) is 47.1 Å². The molecule has 8 nitrogen and oxygen atoms in total. The van der Waals surface area contributed by atoms with Crippen LogP contribution >= 0.6 is 24.0 Å². The first-order valence-corrected chi connectivity index (χ1v) is 9.46. The third-order valence-electron chi connectivity index (χ3n) is 4.60. The van der Waals surface area contributed by atoms with Crippen molar-refractivity contribution in [1.29, 1.82) is 0 Å². The van der Waals surface area contributed by atoms with Gasteiger partial charge in [-0.1, -0.05) is 12.1 Å². The lowest BCUT2D eigenvalue weighted by atomic mass is 10.1. The van der Waals surface area contributed by atoms with E-state index in [4.69, 9.17) is 14.2 Å². The predicted molar refractivity (Wildman–Crippen MR) is 123 cm³/mol. The maximum absolute atomic E-state index is 5.92. The van der Waals surface area contributed by atoms with Crippen LogP contribution in [0.25, 0.3) is 0 Å². The van der Waals surface area contributed by atoms with E-state index < -0.39 is 0 Å². The molecule has 1 aliphatic heterocycles. The highest BCUT2D eigenvalue weighted by atomic mass is 127. The van der Waals surface area contributed by atoms with Crippen molar-refractivity contribution in [2.24, 2.45) is 12.0 Å². The number of nitrogens with zero attached hydrogens (tertiary/aromatic N) is 4. The van der Waals surface area contributed by atoms with E-state index in [0.717, 1.165) is 35.9 Å². The first-order chi connectivity index (χ1) is 13.7. The number of nitrogens with one attached hydrogen (secondary N) is 1. The fourth-order valence-electron chi connectivity index (χ4n) is 3.11. The van der Waals surface area contributed by atoms with E-state index in [2.05, 4.69) is 32.4 Å². The molecule has 2 heterocycles. The molecule has 2 aromatic rings. The van der Waals surface area contributed by atoms with E-state index in [1.807, 2.05) is 38.6 Å². The Balaban J connectivity index is 0.00000300. The highest BCUT2D eigenvalue weighted by molar-refractivity contribution is 14.0. The van der Waals surface area contributed by atoms with Crippen LogP contribution in [0.3, 0.4) is 0 Å². The molecule has 1 aromatic carbocycles. The van der Waals surface area contributed by atoms with Gasteiger partial charge in [-0.15, -0.1) is 24.0 Å². The molecule has 3 rings (SSSR count). The lowest BCUT2D eigenvalue weighted by Gasteiger charge is -2.34. The molecular formula is C20H30IN5O3. The van der Waals surface area contributed by atoms with E-state index >= 15 is 0 Å². The Labute approximate surface area is 189 Å². The Bertz CT molecular complexity index is 766. The average molecular weight is 515 g/mol. The summed E-state index contributed by atoms with van der Waals surface area (Å²) in [6, 6.07) is 8.06. The maximum atomic E-state index is 5.92. The number of benzene rings is 1. The maximum Gasteiger partial charge on any atom is 0.194 e. The molecule has 0 bridgehead atoms. The van der Waals surface area contributed by atoms with Gasteiger partial charge in [-0.05, 0) is 17.7 Å². The van der Waals surface area contributed by atoms with Crippen molar-refractivity contribution >= 4 is 29.9 Å². The Morgan fingerprint density at radius 3 is 2.76 bits per heavy atom. The molecule has 1 N–H and O–H groups in total. The summed E-state index contributed by atoms with van der Waals surface area (Å²) in [6.45, 7) is 4.04. The van der Waals surface area contributed by atoms with Gasteiger partial charge in [0, 0.05) is 46.1 Å². The van der Waals surface area contributed by atoms with Crippen LogP contribution in [0, 0.1) is 0 Å². The monoisotopic (exact) mass is 515 g/mol. The van der Waals surface area contributed by atoms with Gasteiger partial charge >= 0.3 is 0 Å². The van der Waals surface area contributed by atoms with Gasteiger partial charge in [0.05, 0.1) is 26.0 Å². The number of aromatic nitrogens is 2. The van der Waals surface area contributed by atoms with Crippen molar-refractivity contribution in [3.8, 4) is 5.75 Å². The lowest BCUT2D eigenvalue weighted by Crippen LogP contribution is -2.47. The van der Waals surface area contributed by atoms with Crippen LogP contribution in [-0.4, -0.2) is 67.7 Å². The third kappa shape index (κ3) is 6.86. The first kappa shape index (κ1) is 23.4. The van der Waals surface area contributed by atoms with Crippen LogP contribution < -0.4 is 10.1 Å². The fourth-order valence-corrected chi connectivity index (χ4v) is 3.11. The number of methoxy groups -OCH3 is 1. The van der Waals surface area contributed by atoms with Gasteiger partial charge < -0.3 is 24.4 Å². The third-order valence-corrected chi connectivity index (χ3v) is 4.60. The van der Waals surface area contributed by atoms with Gasteiger partial charge in [0.25, 0.3) is 0 Å². The predicted octanol–water partition coefficient (Wildman–Crippen LogP) is 2.21. The molecule has 0 aliphatic carbocycles. The molecule has 29 heavy (non-hydrogen) atoms. The molecule has 0 spiro atoms. The average Bonchev–Trinajstić information content (AvgIpc) is 3.16. The second kappa shape index (κ2) is 12.0. The minimum Gasteiger partial charge on any atom is -0.491 e. The van der Waals surface area contributed by atoms with E-state index in [1.165, 1.54) is 0 Å². The molecule has 1 aromatic heterocycles. The van der Waals surface area contributed by atoms with Crippen LogP contribution in [0.4, 0.5) is 0 Å². The smallest absolute Gasteiger partial charge is 0.194 e. The molecule has 0 radical (unpaired) electrons. The summed E-state index contributed by atoms with van der Waals surface area (Å²) in [5, 5.41) is 7.69. The van der Waals surface area contributed by atoms with Gasteiger partial charge in [-0.3, -0.25) is 9.67 Å². The Morgan fingerprint density at radius 2 is 2.10 bits per heavy atom. The van der Waals surface area contributed by atoms with Crippen LogP contribution in [0.2, 0.25) is 0 Å². The number of hydrogen-bond acceptors (Lipinski definition) is 5. The van der Waals surface area contributed by atoms with Crippen molar-refractivity contribution in [3.63, 3.8) is 0 Å². The van der Waals surface area contributed by atoms with E-state index in [9.17, 15) is 0 Å². The second-order valence-electron chi connectivity index (χ2n) is 6.64. The van der Waals surface area contributed by atoms with Crippen LogP contribution in [-0.2, 0) is 23.1 Å². The fraction of sp³-hybridized carbons (Fsp3) is 0.500. The van der Waals surface area contributed by atoms with Crippen molar-refractivity contribution in [3.05, 3.63) is 47.8 Å². The van der Waals surface area contributed by atoms with Crippen molar-refractivity contribution in [1.82, 2.24) is 20.0 Å². The van der Waals surface area contributed by atoms with E-state index in [-0.39, 0.29) is 30.1 Å². The highest BCUT2D eigenvalue weighted by Crippen LogP contribution is 2.21. The number of rotatable bonds is 7.